The summed E-state index contributed by atoms with van der Waals surface area (Å²) in [6.07, 6.45) is 1.75. The molecule has 0 aromatic carbocycles. The van der Waals surface area contributed by atoms with Crippen molar-refractivity contribution in [2.75, 3.05) is 25.1 Å². The molecule has 0 fully saturated rings. The topological polar surface area (TPSA) is 25.4 Å². The summed E-state index contributed by atoms with van der Waals surface area (Å²) in [5.74, 6) is 0.751. The van der Waals surface area contributed by atoms with E-state index < -0.39 is 0 Å². The van der Waals surface area contributed by atoms with Gasteiger partial charge in [-0.1, -0.05) is 0 Å². The summed E-state index contributed by atoms with van der Waals surface area (Å²) >= 11 is 0. The number of anilines is 1. The lowest BCUT2D eigenvalue weighted by Gasteiger charge is -2.25. The van der Waals surface area contributed by atoms with Crippen molar-refractivity contribution in [3.8, 4) is 5.88 Å². The first-order chi connectivity index (χ1) is 5.38. The van der Waals surface area contributed by atoms with Gasteiger partial charge in [-0.3, -0.25) is 0 Å². The average molecular weight is 150 g/mol. The van der Waals surface area contributed by atoms with Gasteiger partial charge >= 0.3 is 0 Å². The fourth-order valence-corrected chi connectivity index (χ4v) is 1.18. The number of likely N-dealkylation sites (N-methyl/N-ethyl adjacent to an activating group) is 1. The van der Waals surface area contributed by atoms with E-state index in [0.717, 1.165) is 24.7 Å². The number of rotatable bonds is 0. The van der Waals surface area contributed by atoms with Gasteiger partial charge in [-0.2, -0.15) is 0 Å². The van der Waals surface area contributed by atoms with E-state index in [4.69, 9.17) is 4.74 Å². The molecule has 0 N–H and O–H groups in total. The van der Waals surface area contributed by atoms with Crippen molar-refractivity contribution >= 4 is 5.69 Å². The van der Waals surface area contributed by atoms with Gasteiger partial charge in [0.25, 0.3) is 0 Å². The predicted octanol–water partition coefficient (Wildman–Crippen LogP) is 0.910. The molecule has 0 radical (unpaired) electrons. The lowest BCUT2D eigenvalue weighted by molar-refractivity contribution is 0.299. The van der Waals surface area contributed by atoms with Crippen LogP contribution < -0.4 is 9.64 Å². The highest BCUT2D eigenvalue weighted by Gasteiger charge is 2.13. The molecule has 1 aliphatic rings. The molecule has 0 amide bonds. The van der Waals surface area contributed by atoms with Crippen LogP contribution in [-0.2, 0) is 0 Å². The first kappa shape index (κ1) is 6.46. The quantitative estimate of drug-likeness (QED) is 0.549. The summed E-state index contributed by atoms with van der Waals surface area (Å²) in [6.45, 7) is 1.68. The van der Waals surface area contributed by atoms with Crippen LogP contribution in [0.25, 0.3) is 0 Å². The van der Waals surface area contributed by atoms with Crippen LogP contribution in [0, 0.1) is 0 Å². The first-order valence-corrected chi connectivity index (χ1v) is 3.67. The van der Waals surface area contributed by atoms with Gasteiger partial charge in [0.05, 0.1) is 12.2 Å². The average Bonchev–Trinajstić information content (AvgIpc) is 2.06. The molecular formula is C8H10N2O. The molecule has 11 heavy (non-hydrogen) atoms. The van der Waals surface area contributed by atoms with Crippen molar-refractivity contribution in [1.82, 2.24) is 4.98 Å². The van der Waals surface area contributed by atoms with E-state index in [1.54, 1.807) is 6.20 Å². The van der Waals surface area contributed by atoms with Gasteiger partial charge in [-0.15, -0.1) is 0 Å². The highest BCUT2D eigenvalue weighted by Crippen LogP contribution is 2.26. The number of hydrogen-bond acceptors (Lipinski definition) is 3. The molecule has 0 bridgehead atoms. The minimum Gasteiger partial charge on any atom is -0.474 e. The molecule has 0 saturated heterocycles. The molecule has 0 spiro atoms. The molecular weight excluding hydrogens is 140 g/mol. The van der Waals surface area contributed by atoms with E-state index in [1.807, 2.05) is 19.2 Å². The maximum Gasteiger partial charge on any atom is 0.237 e. The highest BCUT2D eigenvalue weighted by molar-refractivity contribution is 5.55. The lowest BCUT2D eigenvalue weighted by atomic mass is 10.3. The Hall–Kier alpha value is -1.25. The van der Waals surface area contributed by atoms with Crippen LogP contribution in [0.4, 0.5) is 5.69 Å². The van der Waals surface area contributed by atoms with Crippen LogP contribution in [0.15, 0.2) is 18.3 Å². The normalized spacial score (nSPS) is 15.5. The van der Waals surface area contributed by atoms with Gasteiger partial charge in [-0.05, 0) is 12.1 Å². The van der Waals surface area contributed by atoms with Crippen LogP contribution in [0.5, 0.6) is 5.88 Å². The maximum absolute atomic E-state index is 5.34. The van der Waals surface area contributed by atoms with E-state index in [1.165, 1.54) is 0 Å². The standard InChI is InChI=1S/C8H10N2O/c1-10-5-6-11-8-7(10)3-2-4-9-8/h2-4H,5-6H2,1H3. The molecule has 3 nitrogen and oxygen atoms in total. The van der Waals surface area contributed by atoms with E-state index >= 15 is 0 Å². The Labute approximate surface area is 65.6 Å². The Balaban J connectivity index is 2.44. The first-order valence-electron chi connectivity index (χ1n) is 3.67. The SMILES string of the molecule is CN1CCOc2ncccc21. The largest absolute Gasteiger partial charge is 0.474 e. The fourth-order valence-electron chi connectivity index (χ4n) is 1.18. The molecule has 0 saturated carbocycles. The fraction of sp³-hybridized carbons (Fsp3) is 0.375. The maximum atomic E-state index is 5.34. The Morgan fingerprint density at radius 1 is 1.64 bits per heavy atom. The van der Waals surface area contributed by atoms with Crippen molar-refractivity contribution < 1.29 is 4.74 Å². The van der Waals surface area contributed by atoms with Crippen LogP contribution in [0.2, 0.25) is 0 Å². The molecule has 0 aliphatic carbocycles. The molecule has 2 heterocycles. The van der Waals surface area contributed by atoms with E-state index in [0.29, 0.717) is 0 Å². The predicted molar refractivity (Wildman–Crippen MR) is 43.0 cm³/mol. The van der Waals surface area contributed by atoms with E-state index in [2.05, 4.69) is 9.88 Å². The molecule has 0 atom stereocenters. The summed E-state index contributed by atoms with van der Waals surface area (Å²) < 4.78 is 5.34. The van der Waals surface area contributed by atoms with E-state index in [-0.39, 0.29) is 0 Å². The molecule has 0 unspecified atom stereocenters. The van der Waals surface area contributed by atoms with Crippen LogP contribution in [-0.4, -0.2) is 25.2 Å². The number of hydrogen-bond donors (Lipinski definition) is 0. The summed E-state index contributed by atoms with van der Waals surface area (Å²) in [5, 5.41) is 0. The molecule has 1 aromatic heterocycles. The molecule has 3 heteroatoms. The van der Waals surface area contributed by atoms with Gasteiger partial charge < -0.3 is 9.64 Å². The second-order valence-electron chi connectivity index (χ2n) is 2.60. The number of nitrogens with zero attached hydrogens (tertiary/aromatic N) is 2. The summed E-state index contributed by atoms with van der Waals surface area (Å²) in [5.41, 5.74) is 1.08. The zero-order valence-corrected chi connectivity index (χ0v) is 6.45. The van der Waals surface area contributed by atoms with Gasteiger partial charge in [0.15, 0.2) is 0 Å². The third-order valence-corrected chi connectivity index (χ3v) is 1.83. The minimum absolute atomic E-state index is 0.737. The third kappa shape index (κ3) is 1.02. The van der Waals surface area contributed by atoms with Gasteiger partial charge in [-0.25, -0.2) is 4.98 Å². The number of pyridine rings is 1. The molecule has 1 aliphatic heterocycles. The Bertz CT molecular complexity index is 262. The van der Waals surface area contributed by atoms with Gasteiger partial charge in [0, 0.05) is 13.2 Å². The lowest BCUT2D eigenvalue weighted by Crippen LogP contribution is -2.29. The monoisotopic (exact) mass is 150 g/mol. The molecule has 1 aromatic rings. The van der Waals surface area contributed by atoms with Gasteiger partial charge in [0.2, 0.25) is 5.88 Å². The van der Waals surface area contributed by atoms with Crippen molar-refractivity contribution in [3.05, 3.63) is 18.3 Å². The van der Waals surface area contributed by atoms with Crippen molar-refractivity contribution in [2.45, 2.75) is 0 Å². The smallest absolute Gasteiger partial charge is 0.237 e. The van der Waals surface area contributed by atoms with Gasteiger partial charge in [0.1, 0.15) is 6.61 Å². The molecule has 58 valence electrons. The number of aromatic nitrogens is 1. The minimum atomic E-state index is 0.737. The zero-order valence-electron chi connectivity index (χ0n) is 6.45. The number of ether oxygens (including phenoxy) is 1. The highest BCUT2D eigenvalue weighted by atomic mass is 16.5. The third-order valence-electron chi connectivity index (χ3n) is 1.83. The second kappa shape index (κ2) is 2.42. The Kier molecular flexibility index (Phi) is 1.42. The van der Waals surface area contributed by atoms with Crippen LogP contribution >= 0.6 is 0 Å². The second-order valence-corrected chi connectivity index (χ2v) is 2.60. The summed E-state index contributed by atoms with van der Waals surface area (Å²) in [4.78, 5) is 6.25. The number of fused-ring (bicyclic) bond motifs is 1. The van der Waals surface area contributed by atoms with Crippen molar-refractivity contribution in [2.24, 2.45) is 0 Å². The van der Waals surface area contributed by atoms with Crippen LogP contribution in [0.3, 0.4) is 0 Å². The Morgan fingerprint density at radius 2 is 2.55 bits per heavy atom. The molecule has 2 rings (SSSR count). The summed E-state index contributed by atoms with van der Waals surface area (Å²) in [6, 6.07) is 3.94. The van der Waals surface area contributed by atoms with Crippen molar-refractivity contribution in [1.29, 1.82) is 0 Å². The van der Waals surface area contributed by atoms with Crippen LogP contribution in [0.1, 0.15) is 0 Å². The summed E-state index contributed by atoms with van der Waals surface area (Å²) in [7, 11) is 2.04. The Morgan fingerprint density at radius 3 is 3.36 bits per heavy atom. The van der Waals surface area contributed by atoms with Crippen molar-refractivity contribution in [3.63, 3.8) is 0 Å². The zero-order chi connectivity index (χ0) is 7.68. The van der Waals surface area contributed by atoms with E-state index in [9.17, 15) is 0 Å².